The predicted octanol–water partition coefficient (Wildman–Crippen LogP) is 0.252. The summed E-state index contributed by atoms with van der Waals surface area (Å²) in [7, 11) is 0. The van der Waals surface area contributed by atoms with Gasteiger partial charge in [-0.05, 0) is 32.1 Å². The fraction of sp³-hybridized carbons (Fsp3) is 0.846. The number of amides is 1. The standard InChI is InChI=1S/C13H22N2O4/c14-9-3-1-2-8(6-9)12(16)15-7-10-4-5-11(19-10)13(17)18/h8-11H,1-7,14H2,(H,15,16)(H,17,18). The van der Waals surface area contributed by atoms with Gasteiger partial charge in [0.05, 0.1) is 6.10 Å². The van der Waals surface area contributed by atoms with Crippen LogP contribution in [0.25, 0.3) is 0 Å². The number of ether oxygens (including phenoxy) is 1. The molecule has 1 amide bonds. The van der Waals surface area contributed by atoms with E-state index in [4.69, 9.17) is 15.6 Å². The number of carboxylic acid groups (broad SMARTS) is 1. The Balaban J connectivity index is 1.70. The zero-order valence-corrected chi connectivity index (χ0v) is 11.0. The third-order valence-electron chi connectivity index (χ3n) is 3.97. The van der Waals surface area contributed by atoms with Crippen molar-refractivity contribution in [1.82, 2.24) is 5.32 Å². The molecule has 1 saturated heterocycles. The maximum Gasteiger partial charge on any atom is 0.332 e. The number of hydrogen-bond donors (Lipinski definition) is 3. The lowest BCUT2D eigenvalue weighted by atomic mass is 9.85. The first-order valence-corrected chi connectivity index (χ1v) is 6.98. The maximum absolute atomic E-state index is 12.0. The number of carbonyl (C=O) groups is 2. The Hall–Kier alpha value is -1.14. The quantitative estimate of drug-likeness (QED) is 0.680. The Kier molecular flexibility index (Phi) is 4.76. The second-order valence-corrected chi connectivity index (χ2v) is 5.53. The summed E-state index contributed by atoms with van der Waals surface area (Å²) >= 11 is 0. The molecule has 4 unspecified atom stereocenters. The normalized spacial score (nSPS) is 35.0. The van der Waals surface area contributed by atoms with Crippen LogP contribution in [-0.2, 0) is 14.3 Å². The van der Waals surface area contributed by atoms with Gasteiger partial charge in [-0.25, -0.2) is 4.79 Å². The smallest absolute Gasteiger partial charge is 0.332 e. The van der Waals surface area contributed by atoms with Gasteiger partial charge in [0.15, 0.2) is 6.10 Å². The van der Waals surface area contributed by atoms with Crippen LogP contribution in [0.2, 0.25) is 0 Å². The highest BCUT2D eigenvalue weighted by Gasteiger charge is 2.31. The van der Waals surface area contributed by atoms with Crippen molar-refractivity contribution in [2.75, 3.05) is 6.54 Å². The molecular weight excluding hydrogens is 248 g/mol. The van der Waals surface area contributed by atoms with Crippen molar-refractivity contribution in [1.29, 1.82) is 0 Å². The van der Waals surface area contributed by atoms with Crippen molar-refractivity contribution in [3.8, 4) is 0 Å². The average molecular weight is 270 g/mol. The topological polar surface area (TPSA) is 102 Å². The van der Waals surface area contributed by atoms with Crippen LogP contribution in [-0.4, -0.2) is 41.8 Å². The number of hydrogen-bond acceptors (Lipinski definition) is 4. The molecule has 4 atom stereocenters. The number of nitrogens with two attached hydrogens (primary N) is 1. The Bertz CT molecular complexity index is 348. The van der Waals surface area contributed by atoms with E-state index in [0.29, 0.717) is 19.4 Å². The third kappa shape index (κ3) is 3.91. The summed E-state index contributed by atoms with van der Waals surface area (Å²) < 4.78 is 5.34. The van der Waals surface area contributed by atoms with Gasteiger partial charge in [0.1, 0.15) is 0 Å². The van der Waals surface area contributed by atoms with E-state index in [1.165, 1.54) is 0 Å². The number of carboxylic acids is 1. The van der Waals surface area contributed by atoms with Crippen LogP contribution in [0.15, 0.2) is 0 Å². The van der Waals surface area contributed by atoms with E-state index in [1.54, 1.807) is 0 Å². The van der Waals surface area contributed by atoms with Crippen molar-refractivity contribution < 1.29 is 19.4 Å². The van der Waals surface area contributed by atoms with E-state index in [-0.39, 0.29) is 24.0 Å². The van der Waals surface area contributed by atoms with Gasteiger partial charge >= 0.3 is 5.97 Å². The Morgan fingerprint density at radius 2 is 2.05 bits per heavy atom. The molecular formula is C13H22N2O4. The summed E-state index contributed by atoms with van der Waals surface area (Å²) in [5.41, 5.74) is 5.86. The molecule has 2 fully saturated rings. The summed E-state index contributed by atoms with van der Waals surface area (Å²) in [5.74, 6) is -0.898. The zero-order valence-electron chi connectivity index (χ0n) is 11.0. The van der Waals surface area contributed by atoms with Crippen molar-refractivity contribution >= 4 is 11.9 Å². The highest BCUT2D eigenvalue weighted by molar-refractivity contribution is 5.78. The van der Waals surface area contributed by atoms with Crippen LogP contribution in [0.3, 0.4) is 0 Å². The molecule has 0 radical (unpaired) electrons. The van der Waals surface area contributed by atoms with Crippen LogP contribution in [0, 0.1) is 5.92 Å². The number of aliphatic carboxylic acids is 1. The molecule has 1 aliphatic heterocycles. The summed E-state index contributed by atoms with van der Waals surface area (Å²) in [6.45, 7) is 0.397. The first-order valence-electron chi connectivity index (χ1n) is 6.98. The first kappa shape index (κ1) is 14.3. The van der Waals surface area contributed by atoms with Crippen molar-refractivity contribution in [3.05, 3.63) is 0 Å². The number of rotatable bonds is 4. The molecule has 4 N–H and O–H groups in total. The third-order valence-corrected chi connectivity index (χ3v) is 3.97. The molecule has 2 rings (SSSR count). The SMILES string of the molecule is NC1CCCC(C(=O)NCC2CCC(C(=O)O)O2)C1. The maximum atomic E-state index is 12.0. The minimum atomic E-state index is -0.924. The van der Waals surface area contributed by atoms with E-state index >= 15 is 0 Å². The Morgan fingerprint density at radius 3 is 2.68 bits per heavy atom. The molecule has 6 nitrogen and oxygen atoms in total. The second kappa shape index (κ2) is 6.34. The minimum absolute atomic E-state index is 0.000392. The summed E-state index contributed by atoms with van der Waals surface area (Å²) in [5, 5.41) is 11.7. The van der Waals surface area contributed by atoms with Crippen molar-refractivity contribution in [2.24, 2.45) is 11.7 Å². The molecule has 108 valence electrons. The summed E-state index contributed by atoms with van der Waals surface area (Å²) in [4.78, 5) is 22.7. The highest BCUT2D eigenvalue weighted by atomic mass is 16.5. The van der Waals surface area contributed by atoms with Gasteiger partial charge in [-0.3, -0.25) is 4.79 Å². The van der Waals surface area contributed by atoms with Crippen molar-refractivity contribution in [3.63, 3.8) is 0 Å². The van der Waals surface area contributed by atoms with E-state index < -0.39 is 12.1 Å². The fourth-order valence-electron chi connectivity index (χ4n) is 2.86. The lowest BCUT2D eigenvalue weighted by Crippen LogP contribution is -2.40. The van der Waals surface area contributed by atoms with Crippen molar-refractivity contribution in [2.45, 2.75) is 56.8 Å². The zero-order chi connectivity index (χ0) is 13.8. The van der Waals surface area contributed by atoms with Crippen LogP contribution >= 0.6 is 0 Å². The number of nitrogens with one attached hydrogen (secondary N) is 1. The molecule has 1 aliphatic carbocycles. The fourth-order valence-corrected chi connectivity index (χ4v) is 2.86. The largest absolute Gasteiger partial charge is 0.479 e. The minimum Gasteiger partial charge on any atom is -0.479 e. The number of carbonyl (C=O) groups excluding carboxylic acids is 1. The lowest BCUT2D eigenvalue weighted by Gasteiger charge is -2.26. The summed E-state index contributed by atoms with van der Waals surface area (Å²) in [6.07, 6.45) is 3.94. The monoisotopic (exact) mass is 270 g/mol. The van der Waals surface area contributed by atoms with Crippen LogP contribution in [0.5, 0.6) is 0 Å². The van der Waals surface area contributed by atoms with Gasteiger partial charge in [-0.2, -0.15) is 0 Å². The molecule has 0 aromatic carbocycles. The van der Waals surface area contributed by atoms with Gasteiger partial charge in [0.25, 0.3) is 0 Å². The first-order chi connectivity index (χ1) is 9.06. The summed E-state index contributed by atoms with van der Waals surface area (Å²) in [6, 6.07) is 0.128. The van der Waals surface area contributed by atoms with E-state index in [1.807, 2.05) is 0 Å². The lowest BCUT2D eigenvalue weighted by molar-refractivity contribution is -0.149. The van der Waals surface area contributed by atoms with Crippen LogP contribution in [0.4, 0.5) is 0 Å². The van der Waals surface area contributed by atoms with E-state index in [9.17, 15) is 9.59 Å². The van der Waals surface area contributed by atoms with Gasteiger partial charge in [0, 0.05) is 18.5 Å². The second-order valence-electron chi connectivity index (χ2n) is 5.53. The highest BCUT2D eigenvalue weighted by Crippen LogP contribution is 2.23. The molecule has 6 heteroatoms. The predicted molar refractivity (Wildman–Crippen MR) is 68.5 cm³/mol. The van der Waals surface area contributed by atoms with E-state index in [2.05, 4.69) is 5.32 Å². The Labute approximate surface area is 112 Å². The van der Waals surface area contributed by atoms with E-state index in [0.717, 1.165) is 25.7 Å². The molecule has 1 saturated carbocycles. The molecule has 0 bridgehead atoms. The van der Waals surface area contributed by atoms with Gasteiger partial charge < -0.3 is 20.9 Å². The van der Waals surface area contributed by atoms with Crippen LogP contribution in [0.1, 0.15) is 38.5 Å². The Morgan fingerprint density at radius 1 is 1.26 bits per heavy atom. The van der Waals surface area contributed by atoms with Crippen LogP contribution < -0.4 is 11.1 Å². The average Bonchev–Trinajstić information content (AvgIpc) is 2.85. The molecule has 0 spiro atoms. The molecule has 0 aromatic rings. The van der Waals surface area contributed by atoms with Gasteiger partial charge in [-0.1, -0.05) is 6.42 Å². The molecule has 1 heterocycles. The molecule has 19 heavy (non-hydrogen) atoms. The molecule has 2 aliphatic rings. The van der Waals surface area contributed by atoms with Gasteiger partial charge in [-0.15, -0.1) is 0 Å². The van der Waals surface area contributed by atoms with Gasteiger partial charge in [0.2, 0.25) is 5.91 Å². The molecule has 0 aromatic heterocycles.